The van der Waals surface area contributed by atoms with E-state index in [4.69, 9.17) is 4.42 Å². The van der Waals surface area contributed by atoms with Crippen LogP contribution in [0, 0.1) is 6.92 Å². The van der Waals surface area contributed by atoms with Crippen molar-refractivity contribution in [3.05, 3.63) is 35.7 Å². The molecular formula is C16H23N3O. The molecule has 1 aromatic carbocycles. The van der Waals surface area contributed by atoms with Gasteiger partial charge in [0.25, 0.3) is 0 Å². The fourth-order valence-electron chi connectivity index (χ4n) is 1.87. The first-order chi connectivity index (χ1) is 9.44. The molecule has 1 heterocycles. The molecule has 0 atom stereocenters. The van der Waals surface area contributed by atoms with Gasteiger partial charge in [-0.25, -0.2) is 0 Å². The highest BCUT2D eigenvalue weighted by Gasteiger charge is 2.10. The first-order valence-corrected chi connectivity index (χ1v) is 7.08. The van der Waals surface area contributed by atoms with Crippen LogP contribution >= 0.6 is 0 Å². The summed E-state index contributed by atoms with van der Waals surface area (Å²) < 4.78 is 5.69. The molecule has 2 rings (SSSR count). The van der Waals surface area contributed by atoms with E-state index in [9.17, 15) is 0 Å². The molecule has 0 saturated carbocycles. The Morgan fingerprint density at radius 2 is 1.80 bits per heavy atom. The van der Waals surface area contributed by atoms with E-state index in [1.165, 1.54) is 5.56 Å². The van der Waals surface area contributed by atoms with Gasteiger partial charge in [0.05, 0.1) is 0 Å². The Hall–Kier alpha value is -1.68. The average molecular weight is 273 g/mol. The number of benzene rings is 1. The SMILES string of the molecule is Cc1ccc(-c2nnc(CCCNC(C)(C)C)o2)cc1. The Morgan fingerprint density at radius 1 is 1.10 bits per heavy atom. The summed E-state index contributed by atoms with van der Waals surface area (Å²) in [6.45, 7) is 9.50. The number of nitrogens with zero attached hydrogens (tertiary/aromatic N) is 2. The quantitative estimate of drug-likeness (QED) is 0.849. The molecular weight excluding hydrogens is 250 g/mol. The zero-order valence-electron chi connectivity index (χ0n) is 12.7. The number of hydrogen-bond donors (Lipinski definition) is 1. The first-order valence-electron chi connectivity index (χ1n) is 7.08. The number of aryl methyl sites for hydroxylation is 2. The van der Waals surface area contributed by atoms with Gasteiger partial charge in [-0.05, 0) is 52.8 Å². The van der Waals surface area contributed by atoms with Crippen molar-refractivity contribution in [2.24, 2.45) is 0 Å². The lowest BCUT2D eigenvalue weighted by Crippen LogP contribution is -2.36. The number of aromatic nitrogens is 2. The van der Waals surface area contributed by atoms with Crippen LogP contribution in [0.25, 0.3) is 11.5 Å². The fourth-order valence-corrected chi connectivity index (χ4v) is 1.87. The Balaban J connectivity index is 1.88. The maximum absolute atomic E-state index is 5.69. The molecule has 0 spiro atoms. The largest absolute Gasteiger partial charge is 0.421 e. The van der Waals surface area contributed by atoms with Gasteiger partial charge in [-0.1, -0.05) is 17.7 Å². The van der Waals surface area contributed by atoms with Crippen LogP contribution < -0.4 is 5.32 Å². The normalized spacial score (nSPS) is 11.8. The molecule has 0 aliphatic rings. The highest BCUT2D eigenvalue weighted by Crippen LogP contribution is 2.18. The molecule has 0 aliphatic heterocycles. The summed E-state index contributed by atoms with van der Waals surface area (Å²) in [6, 6.07) is 8.11. The van der Waals surface area contributed by atoms with E-state index < -0.39 is 0 Å². The molecule has 0 aliphatic carbocycles. The van der Waals surface area contributed by atoms with Gasteiger partial charge >= 0.3 is 0 Å². The van der Waals surface area contributed by atoms with Crippen LogP contribution in [0.3, 0.4) is 0 Å². The van der Waals surface area contributed by atoms with Gasteiger partial charge in [0.2, 0.25) is 11.8 Å². The summed E-state index contributed by atoms with van der Waals surface area (Å²) in [7, 11) is 0. The van der Waals surface area contributed by atoms with E-state index >= 15 is 0 Å². The monoisotopic (exact) mass is 273 g/mol. The number of nitrogens with one attached hydrogen (secondary N) is 1. The average Bonchev–Trinajstić information content (AvgIpc) is 2.83. The third kappa shape index (κ3) is 4.46. The predicted molar refractivity (Wildman–Crippen MR) is 80.5 cm³/mol. The number of hydrogen-bond acceptors (Lipinski definition) is 4. The van der Waals surface area contributed by atoms with Gasteiger partial charge in [-0.2, -0.15) is 0 Å². The maximum Gasteiger partial charge on any atom is 0.247 e. The van der Waals surface area contributed by atoms with Crippen LogP contribution in [0.1, 0.15) is 38.6 Å². The zero-order chi connectivity index (χ0) is 14.6. The smallest absolute Gasteiger partial charge is 0.247 e. The summed E-state index contributed by atoms with van der Waals surface area (Å²) in [4.78, 5) is 0. The lowest BCUT2D eigenvalue weighted by molar-refractivity contribution is 0.412. The molecule has 0 saturated heterocycles. The van der Waals surface area contributed by atoms with E-state index in [1.807, 2.05) is 24.3 Å². The minimum Gasteiger partial charge on any atom is -0.421 e. The second-order valence-corrected chi connectivity index (χ2v) is 6.15. The van der Waals surface area contributed by atoms with Crippen molar-refractivity contribution < 1.29 is 4.42 Å². The second kappa shape index (κ2) is 6.18. The van der Waals surface area contributed by atoms with Gasteiger partial charge in [0, 0.05) is 17.5 Å². The van der Waals surface area contributed by atoms with Crippen LogP contribution in [-0.2, 0) is 6.42 Å². The lowest BCUT2D eigenvalue weighted by Gasteiger charge is -2.19. The molecule has 0 amide bonds. The summed E-state index contributed by atoms with van der Waals surface area (Å²) >= 11 is 0. The van der Waals surface area contributed by atoms with Crippen LogP contribution in [-0.4, -0.2) is 22.3 Å². The maximum atomic E-state index is 5.69. The Morgan fingerprint density at radius 3 is 2.45 bits per heavy atom. The molecule has 4 nitrogen and oxygen atoms in total. The van der Waals surface area contributed by atoms with Crippen molar-refractivity contribution >= 4 is 0 Å². The Kier molecular flexibility index (Phi) is 4.55. The molecule has 0 bridgehead atoms. The van der Waals surface area contributed by atoms with Crippen molar-refractivity contribution in [2.75, 3.05) is 6.54 Å². The van der Waals surface area contributed by atoms with Gasteiger partial charge in [-0.15, -0.1) is 10.2 Å². The second-order valence-electron chi connectivity index (χ2n) is 6.15. The fraction of sp³-hybridized carbons (Fsp3) is 0.500. The van der Waals surface area contributed by atoms with Crippen molar-refractivity contribution in [3.8, 4) is 11.5 Å². The molecule has 0 radical (unpaired) electrons. The van der Waals surface area contributed by atoms with E-state index in [0.29, 0.717) is 11.8 Å². The minimum absolute atomic E-state index is 0.155. The highest BCUT2D eigenvalue weighted by molar-refractivity contribution is 5.52. The standard InChI is InChI=1S/C16H23N3O/c1-12-7-9-13(10-8-12)15-19-18-14(20-15)6-5-11-17-16(2,3)4/h7-10,17H,5-6,11H2,1-4H3. The Bertz CT molecular complexity index is 538. The van der Waals surface area contributed by atoms with Crippen molar-refractivity contribution in [2.45, 2.75) is 46.1 Å². The summed E-state index contributed by atoms with van der Waals surface area (Å²) in [5.74, 6) is 1.31. The third-order valence-corrected chi connectivity index (χ3v) is 2.99. The van der Waals surface area contributed by atoms with Crippen LogP contribution in [0.15, 0.2) is 28.7 Å². The first kappa shape index (κ1) is 14.7. The number of rotatable bonds is 5. The van der Waals surface area contributed by atoms with E-state index in [-0.39, 0.29) is 5.54 Å². The van der Waals surface area contributed by atoms with E-state index in [0.717, 1.165) is 24.9 Å². The van der Waals surface area contributed by atoms with E-state index in [2.05, 4.69) is 43.2 Å². The zero-order valence-corrected chi connectivity index (χ0v) is 12.7. The van der Waals surface area contributed by atoms with Gasteiger partial charge in [0.1, 0.15) is 0 Å². The van der Waals surface area contributed by atoms with Gasteiger partial charge in [-0.3, -0.25) is 0 Å². The van der Waals surface area contributed by atoms with Crippen molar-refractivity contribution in [3.63, 3.8) is 0 Å². The third-order valence-electron chi connectivity index (χ3n) is 2.99. The Labute approximate surface area is 120 Å². The van der Waals surface area contributed by atoms with Gasteiger partial charge in [0.15, 0.2) is 0 Å². The van der Waals surface area contributed by atoms with Crippen LogP contribution in [0.2, 0.25) is 0 Å². The minimum atomic E-state index is 0.155. The molecule has 1 aromatic heterocycles. The molecule has 1 N–H and O–H groups in total. The molecule has 108 valence electrons. The van der Waals surface area contributed by atoms with Crippen LogP contribution in [0.4, 0.5) is 0 Å². The predicted octanol–water partition coefficient (Wildman–Crippen LogP) is 3.37. The van der Waals surface area contributed by atoms with Crippen molar-refractivity contribution in [1.29, 1.82) is 0 Å². The highest BCUT2D eigenvalue weighted by atomic mass is 16.4. The van der Waals surface area contributed by atoms with Crippen LogP contribution in [0.5, 0.6) is 0 Å². The molecule has 4 heteroatoms. The topological polar surface area (TPSA) is 51.0 Å². The molecule has 0 fully saturated rings. The van der Waals surface area contributed by atoms with Crippen molar-refractivity contribution in [1.82, 2.24) is 15.5 Å². The summed E-state index contributed by atoms with van der Waals surface area (Å²) in [5, 5.41) is 11.7. The summed E-state index contributed by atoms with van der Waals surface area (Å²) in [5.41, 5.74) is 2.35. The van der Waals surface area contributed by atoms with E-state index in [1.54, 1.807) is 0 Å². The summed E-state index contributed by atoms with van der Waals surface area (Å²) in [6.07, 6.45) is 1.80. The molecule has 20 heavy (non-hydrogen) atoms. The molecule has 0 unspecified atom stereocenters. The lowest BCUT2D eigenvalue weighted by atomic mass is 10.1. The molecule has 2 aromatic rings. The van der Waals surface area contributed by atoms with Gasteiger partial charge < -0.3 is 9.73 Å².